The van der Waals surface area contributed by atoms with E-state index in [2.05, 4.69) is 40.3 Å². The smallest absolute Gasteiger partial charge is 0.0483 e. The van der Waals surface area contributed by atoms with Gasteiger partial charge in [-0.1, -0.05) is 18.2 Å². The maximum absolute atomic E-state index is 8.97. The standard InChI is InChI=1S/C15H20N2O/c18-9-3-8-17-11-12(10-16-13-6-7-13)14-4-1-2-5-15(14)17/h1-2,4-5,11,13,16,18H,3,6-10H2. The van der Waals surface area contributed by atoms with Gasteiger partial charge in [0.25, 0.3) is 0 Å². The van der Waals surface area contributed by atoms with Crippen LogP contribution in [-0.4, -0.2) is 22.3 Å². The van der Waals surface area contributed by atoms with Crippen molar-refractivity contribution in [2.75, 3.05) is 6.61 Å². The Labute approximate surface area is 107 Å². The number of fused-ring (bicyclic) bond motifs is 1. The average Bonchev–Trinajstić information content (AvgIpc) is 3.17. The Bertz CT molecular complexity index is 528. The van der Waals surface area contributed by atoms with Gasteiger partial charge in [0, 0.05) is 42.8 Å². The molecule has 1 aromatic carbocycles. The van der Waals surface area contributed by atoms with Crippen molar-refractivity contribution in [2.45, 2.75) is 38.4 Å². The van der Waals surface area contributed by atoms with E-state index in [9.17, 15) is 0 Å². The van der Waals surface area contributed by atoms with Gasteiger partial charge < -0.3 is 15.0 Å². The molecule has 0 saturated heterocycles. The molecule has 2 N–H and O–H groups in total. The molecule has 1 saturated carbocycles. The topological polar surface area (TPSA) is 37.2 Å². The molecule has 18 heavy (non-hydrogen) atoms. The Morgan fingerprint density at radius 3 is 2.89 bits per heavy atom. The number of para-hydroxylation sites is 1. The maximum Gasteiger partial charge on any atom is 0.0483 e. The van der Waals surface area contributed by atoms with Crippen LogP contribution in [0.1, 0.15) is 24.8 Å². The van der Waals surface area contributed by atoms with Gasteiger partial charge in [0.15, 0.2) is 0 Å². The van der Waals surface area contributed by atoms with Crippen molar-refractivity contribution in [1.29, 1.82) is 0 Å². The van der Waals surface area contributed by atoms with E-state index in [1.54, 1.807) is 0 Å². The lowest BCUT2D eigenvalue weighted by molar-refractivity contribution is 0.280. The average molecular weight is 244 g/mol. The zero-order valence-electron chi connectivity index (χ0n) is 10.6. The molecular formula is C15H20N2O. The molecule has 0 aliphatic heterocycles. The van der Waals surface area contributed by atoms with Crippen LogP contribution in [0.3, 0.4) is 0 Å². The summed E-state index contributed by atoms with van der Waals surface area (Å²) in [6, 6.07) is 9.27. The van der Waals surface area contributed by atoms with Crippen LogP contribution >= 0.6 is 0 Å². The van der Waals surface area contributed by atoms with E-state index in [1.807, 2.05) is 0 Å². The molecule has 0 atom stereocenters. The van der Waals surface area contributed by atoms with Gasteiger partial charge in [-0.2, -0.15) is 0 Å². The summed E-state index contributed by atoms with van der Waals surface area (Å²) in [4.78, 5) is 0. The number of aryl methyl sites for hydroxylation is 1. The molecule has 1 aliphatic rings. The summed E-state index contributed by atoms with van der Waals surface area (Å²) in [7, 11) is 0. The summed E-state index contributed by atoms with van der Waals surface area (Å²) in [6.07, 6.45) is 5.69. The Kier molecular flexibility index (Phi) is 3.35. The van der Waals surface area contributed by atoms with Crippen molar-refractivity contribution >= 4 is 10.9 Å². The monoisotopic (exact) mass is 244 g/mol. The number of hydrogen-bond donors (Lipinski definition) is 2. The number of rotatable bonds is 6. The van der Waals surface area contributed by atoms with E-state index in [1.165, 1.54) is 29.3 Å². The van der Waals surface area contributed by atoms with Gasteiger partial charge in [0.05, 0.1) is 0 Å². The minimum absolute atomic E-state index is 0.252. The molecular weight excluding hydrogens is 224 g/mol. The third-order valence-corrected chi connectivity index (χ3v) is 3.59. The van der Waals surface area contributed by atoms with Crippen LogP contribution in [0, 0.1) is 0 Å². The molecule has 2 aromatic rings. The third kappa shape index (κ3) is 2.42. The molecule has 1 aliphatic carbocycles. The van der Waals surface area contributed by atoms with Crippen LogP contribution in [0.5, 0.6) is 0 Å². The second-order valence-corrected chi connectivity index (χ2v) is 5.10. The van der Waals surface area contributed by atoms with Crippen LogP contribution in [0.15, 0.2) is 30.5 Å². The summed E-state index contributed by atoms with van der Waals surface area (Å²) in [5.74, 6) is 0. The lowest BCUT2D eigenvalue weighted by Crippen LogP contribution is -2.14. The van der Waals surface area contributed by atoms with Crippen LogP contribution in [0.2, 0.25) is 0 Å². The van der Waals surface area contributed by atoms with Gasteiger partial charge in [0.1, 0.15) is 0 Å². The molecule has 3 rings (SSSR count). The highest BCUT2D eigenvalue weighted by molar-refractivity contribution is 5.83. The van der Waals surface area contributed by atoms with E-state index in [0.717, 1.165) is 25.6 Å². The number of hydrogen-bond acceptors (Lipinski definition) is 2. The number of nitrogens with one attached hydrogen (secondary N) is 1. The van der Waals surface area contributed by atoms with Crippen LogP contribution in [0.25, 0.3) is 10.9 Å². The van der Waals surface area contributed by atoms with Gasteiger partial charge >= 0.3 is 0 Å². The molecule has 3 heteroatoms. The van der Waals surface area contributed by atoms with Crippen LogP contribution in [0.4, 0.5) is 0 Å². The second-order valence-electron chi connectivity index (χ2n) is 5.10. The van der Waals surface area contributed by atoms with Gasteiger partial charge in [-0.3, -0.25) is 0 Å². The largest absolute Gasteiger partial charge is 0.396 e. The summed E-state index contributed by atoms with van der Waals surface area (Å²) < 4.78 is 2.26. The second kappa shape index (κ2) is 5.12. The first-order chi connectivity index (χ1) is 8.88. The fourth-order valence-corrected chi connectivity index (χ4v) is 2.43. The summed E-state index contributed by atoms with van der Waals surface area (Å²) in [5.41, 5.74) is 2.65. The maximum atomic E-state index is 8.97. The van der Waals surface area contributed by atoms with Gasteiger partial charge in [-0.05, 0) is 30.9 Å². The summed E-state index contributed by atoms with van der Waals surface area (Å²) in [5, 5.41) is 13.9. The zero-order chi connectivity index (χ0) is 12.4. The molecule has 3 nitrogen and oxygen atoms in total. The predicted octanol–water partition coefficient (Wildman–Crippen LogP) is 2.28. The lowest BCUT2D eigenvalue weighted by Gasteiger charge is -2.02. The fourth-order valence-electron chi connectivity index (χ4n) is 2.43. The number of aromatic nitrogens is 1. The minimum atomic E-state index is 0.252. The molecule has 0 amide bonds. The zero-order valence-corrected chi connectivity index (χ0v) is 10.6. The molecule has 1 aromatic heterocycles. The van der Waals surface area contributed by atoms with Crippen LogP contribution < -0.4 is 5.32 Å². The van der Waals surface area contributed by atoms with E-state index in [4.69, 9.17) is 5.11 Å². The van der Waals surface area contributed by atoms with Crippen LogP contribution in [-0.2, 0) is 13.1 Å². The molecule has 1 fully saturated rings. The van der Waals surface area contributed by atoms with E-state index in [0.29, 0.717) is 0 Å². The van der Waals surface area contributed by atoms with Crippen molar-refractivity contribution < 1.29 is 5.11 Å². The van der Waals surface area contributed by atoms with Crippen molar-refractivity contribution in [3.63, 3.8) is 0 Å². The third-order valence-electron chi connectivity index (χ3n) is 3.59. The molecule has 1 heterocycles. The highest BCUT2D eigenvalue weighted by atomic mass is 16.3. The first kappa shape index (κ1) is 11.8. The van der Waals surface area contributed by atoms with E-state index >= 15 is 0 Å². The van der Waals surface area contributed by atoms with Crippen molar-refractivity contribution in [3.8, 4) is 0 Å². The number of aliphatic hydroxyl groups is 1. The highest BCUT2D eigenvalue weighted by Gasteiger charge is 2.20. The Morgan fingerprint density at radius 1 is 1.28 bits per heavy atom. The molecule has 0 bridgehead atoms. The predicted molar refractivity (Wildman–Crippen MR) is 73.5 cm³/mol. The molecule has 0 unspecified atom stereocenters. The van der Waals surface area contributed by atoms with E-state index < -0.39 is 0 Å². The van der Waals surface area contributed by atoms with Gasteiger partial charge in [-0.25, -0.2) is 0 Å². The Hall–Kier alpha value is -1.32. The van der Waals surface area contributed by atoms with E-state index in [-0.39, 0.29) is 6.61 Å². The minimum Gasteiger partial charge on any atom is -0.396 e. The normalized spacial score (nSPS) is 15.4. The fraction of sp³-hybridized carbons (Fsp3) is 0.467. The quantitative estimate of drug-likeness (QED) is 0.818. The van der Waals surface area contributed by atoms with Crippen molar-refractivity contribution in [3.05, 3.63) is 36.0 Å². The highest BCUT2D eigenvalue weighted by Crippen LogP contribution is 2.24. The molecule has 96 valence electrons. The van der Waals surface area contributed by atoms with Gasteiger partial charge in [-0.15, -0.1) is 0 Å². The number of nitrogens with zero attached hydrogens (tertiary/aromatic N) is 1. The lowest BCUT2D eigenvalue weighted by atomic mass is 10.2. The van der Waals surface area contributed by atoms with Gasteiger partial charge in [0.2, 0.25) is 0 Å². The first-order valence-electron chi connectivity index (χ1n) is 6.79. The molecule has 0 spiro atoms. The number of benzene rings is 1. The Morgan fingerprint density at radius 2 is 2.11 bits per heavy atom. The molecule has 0 radical (unpaired) electrons. The summed E-state index contributed by atoms with van der Waals surface area (Å²) >= 11 is 0. The summed E-state index contributed by atoms with van der Waals surface area (Å²) in [6.45, 7) is 2.10. The SMILES string of the molecule is OCCCn1cc(CNC2CC2)c2ccccc21. The van der Waals surface area contributed by atoms with Crippen molar-refractivity contribution in [1.82, 2.24) is 9.88 Å². The Balaban J connectivity index is 1.86. The first-order valence-corrected chi connectivity index (χ1v) is 6.79. The number of aliphatic hydroxyl groups excluding tert-OH is 1. The van der Waals surface area contributed by atoms with Crippen molar-refractivity contribution in [2.24, 2.45) is 0 Å².